The van der Waals surface area contributed by atoms with Gasteiger partial charge in [0.25, 0.3) is 5.91 Å². The predicted molar refractivity (Wildman–Crippen MR) is 91.5 cm³/mol. The van der Waals surface area contributed by atoms with Crippen LogP contribution in [0.5, 0.6) is 0 Å². The lowest BCUT2D eigenvalue weighted by Gasteiger charge is -2.35. The van der Waals surface area contributed by atoms with Crippen molar-refractivity contribution in [2.75, 3.05) is 16.8 Å². The summed E-state index contributed by atoms with van der Waals surface area (Å²) in [4.78, 5) is 14.5. The van der Waals surface area contributed by atoms with Gasteiger partial charge in [0.2, 0.25) is 0 Å². The van der Waals surface area contributed by atoms with Gasteiger partial charge in [-0.05, 0) is 74.7 Å². The largest absolute Gasteiger partial charge is 0.369 e. The van der Waals surface area contributed by atoms with E-state index in [1.165, 1.54) is 49.2 Å². The number of anilines is 2. The van der Waals surface area contributed by atoms with Gasteiger partial charge in [-0.2, -0.15) is 0 Å². The Kier molecular flexibility index (Phi) is 4.60. The van der Waals surface area contributed by atoms with E-state index in [1.807, 2.05) is 24.3 Å². The summed E-state index contributed by atoms with van der Waals surface area (Å²) in [5.41, 5.74) is 2.38. The molecule has 1 fully saturated rings. The predicted octanol–water partition coefficient (Wildman–Crippen LogP) is 4.46. The van der Waals surface area contributed by atoms with E-state index >= 15 is 0 Å². The van der Waals surface area contributed by atoms with E-state index in [1.54, 1.807) is 0 Å². The van der Waals surface area contributed by atoms with Crippen molar-refractivity contribution in [1.82, 2.24) is 0 Å². The summed E-state index contributed by atoms with van der Waals surface area (Å²) in [5, 5.41) is 2.84. The molecule has 1 aliphatic heterocycles. The van der Waals surface area contributed by atoms with Crippen LogP contribution in [0.2, 0.25) is 0 Å². The number of benzene rings is 2. The minimum Gasteiger partial charge on any atom is -0.369 e. The molecule has 1 saturated heterocycles. The number of hydrogen-bond acceptors (Lipinski definition) is 2. The Hall–Kier alpha value is -2.36. The Balaban J connectivity index is 1.67. The van der Waals surface area contributed by atoms with Gasteiger partial charge in [0, 0.05) is 29.5 Å². The van der Waals surface area contributed by atoms with Crippen molar-refractivity contribution in [3.63, 3.8) is 0 Å². The second-order valence-corrected chi connectivity index (χ2v) is 6.05. The Morgan fingerprint density at radius 2 is 1.78 bits per heavy atom. The minimum absolute atomic E-state index is 0.232. The summed E-state index contributed by atoms with van der Waals surface area (Å²) in [6.07, 6.45) is 3.75. The Morgan fingerprint density at radius 3 is 2.43 bits per heavy atom. The molecular formula is C19H21FN2O. The second-order valence-electron chi connectivity index (χ2n) is 6.05. The number of hydrogen-bond donors (Lipinski definition) is 1. The number of piperidine rings is 1. The fourth-order valence-corrected chi connectivity index (χ4v) is 3.02. The molecule has 1 N–H and O–H groups in total. The number of carbonyl (C=O) groups excluding carboxylic acids is 1. The van der Waals surface area contributed by atoms with Gasteiger partial charge in [-0.25, -0.2) is 4.39 Å². The lowest BCUT2D eigenvalue weighted by molar-refractivity contribution is 0.102. The summed E-state index contributed by atoms with van der Waals surface area (Å²) in [5.74, 6) is -0.578. The highest BCUT2D eigenvalue weighted by molar-refractivity contribution is 6.04. The van der Waals surface area contributed by atoms with Crippen LogP contribution < -0.4 is 10.2 Å². The fourth-order valence-electron chi connectivity index (χ4n) is 3.02. The number of amides is 1. The van der Waals surface area contributed by atoms with Crippen molar-refractivity contribution in [2.45, 2.75) is 32.2 Å². The maximum atomic E-state index is 12.9. The first-order chi connectivity index (χ1) is 11.1. The molecule has 0 radical (unpaired) electrons. The van der Waals surface area contributed by atoms with Crippen molar-refractivity contribution in [2.24, 2.45) is 0 Å². The van der Waals surface area contributed by atoms with Crippen LogP contribution in [0, 0.1) is 5.82 Å². The summed E-state index contributed by atoms with van der Waals surface area (Å²) in [6.45, 7) is 3.34. The molecule has 2 aromatic rings. The summed E-state index contributed by atoms with van der Waals surface area (Å²) in [7, 11) is 0. The molecule has 4 heteroatoms. The molecule has 0 spiro atoms. The van der Waals surface area contributed by atoms with Gasteiger partial charge in [0.1, 0.15) is 5.82 Å². The molecule has 2 aromatic carbocycles. The molecule has 3 nitrogen and oxygen atoms in total. The maximum Gasteiger partial charge on any atom is 0.255 e. The molecule has 23 heavy (non-hydrogen) atoms. The molecule has 0 bridgehead atoms. The molecule has 1 unspecified atom stereocenters. The van der Waals surface area contributed by atoms with Crippen LogP contribution in [0.25, 0.3) is 0 Å². The third-order valence-corrected chi connectivity index (χ3v) is 4.37. The van der Waals surface area contributed by atoms with E-state index in [-0.39, 0.29) is 11.7 Å². The van der Waals surface area contributed by atoms with E-state index in [9.17, 15) is 9.18 Å². The molecule has 1 atom stereocenters. The summed E-state index contributed by atoms with van der Waals surface area (Å²) < 4.78 is 12.9. The van der Waals surface area contributed by atoms with E-state index < -0.39 is 0 Å². The molecule has 1 heterocycles. The van der Waals surface area contributed by atoms with Crippen LogP contribution in [0.4, 0.5) is 15.8 Å². The van der Waals surface area contributed by atoms with Crippen molar-refractivity contribution in [3.05, 3.63) is 59.9 Å². The number of halogens is 1. The molecule has 1 amide bonds. The van der Waals surface area contributed by atoms with Crippen LogP contribution in [-0.4, -0.2) is 18.5 Å². The normalized spacial score (nSPS) is 17.8. The molecular weight excluding hydrogens is 291 g/mol. The van der Waals surface area contributed by atoms with Crippen LogP contribution in [0.15, 0.2) is 48.5 Å². The van der Waals surface area contributed by atoms with E-state index in [2.05, 4.69) is 17.1 Å². The van der Waals surface area contributed by atoms with Crippen LogP contribution >= 0.6 is 0 Å². The molecule has 3 rings (SSSR count). The van der Waals surface area contributed by atoms with Crippen molar-refractivity contribution in [3.8, 4) is 0 Å². The van der Waals surface area contributed by atoms with Gasteiger partial charge in [0.15, 0.2) is 0 Å². The van der Waals surface area contributed by atoms with Gasteiger partial charge < -0.3 is 10.2 Å². The zero-order chi connectivity index (χ0) is 16.2. The Labute approximate surface area is 136 Å². The zero-order valence-corrected chi connectivity index (χ0v) is 13.3. The maximum absolute atomic E-state index is 12.9. The Bertz CT molecular complexity index is 667. The number of rotatable bonds is 3. The van der Waals surface area contributed by atoms with Gasteiger partial charge in [0.05, 0.1) is 0 Å². The van der Waals surface area contributed by atoms with Crippen molar-refractivity contribution in [1.29, 1.82) is 0 Å². The second kappa shape index (κ2) is 6.82. The van der Waals surface area contributed by atoms with Crippen molar-refractivity contribution < 1.29 is 9.18 Å². The standard InChI is InChI=1S/C19H21FN2O/c1-14-4-2-3-13-22(14)18-11-9-17(10-12-18)21-19(23)15-5-7-16(20)8-6-15/h5-12,14H,2-4,13H2,1H3,(H,21,23). The van der Waals surface area contributed by atoms with Gasteiger partial charge in [-0.15, -0.1) is 0 Å². The van der Waals surface area contributed by atoms with Crippen LogP contribution in [0.1, 0.15) is 36.5 Å². The first kappa shape index (κ1) is 15.5. The first-order valence-corrected chi connectivity index (χ1v) is 8.07. The number of carbonyl (C=O) groups is 1. The highest BCUT2D eigenvalue weighted by atomic mass is 19.1. The third kappa shape index (κ3) is 3.70. The Morgan fingerprint density at radius 1 is 1.09 bits per heavy atom. The lowest BCUT2D eigenvalue weighted by Crippen LogP contribution is -2.37. The molecule has 1 aliphatic rings. The minimum atomic E-state index is -0.346. The lowest BCUT2D eigenvalue weighted by atomic mass is 10.0. The average molecular weight is 312 g/mol. The molecule has 0 aliphatic carbocycles. The van der Waals surface area contributed by atoms with Gasteiger partial charge in [-0.3, -0.25) is 4.79 Å². The third-order valence-electron chi connectivity index (χ3n) is 4.37. The number of nitrogens with zero attached hydrogens (tertiary/aromatic N) is 1. The van der Waals surface area contributed by atoms with Crippen LogP contribution in [0.3, 0.4) is 0 Å². The summed E-state index contributed by atoms with van der Waals surface area (Å²) in [6, 6.07) is 14.0. The monoisotopic (exact) mass is 312 g/mol. The highest BCUT2D eigenvalue weighted by Gasteiger charge is 2.18. The zero-order valence-electron chi connectivity index (χ0n) is 13.3. The molecule has 120 valence electrons. The molecule has 0 aromatic heterocycles. The fraction of sp³-hybridized carbons (Fsp3) is 0.316. The quantitative estimate of drug-likeness (QED) is 0.907. The van der Waals surface area contributed by atoms with Gasteiger partial charge >= 0.3 is 0 Å². The van der Waals surface area contributed by atoms with E-state index in [0.717, 1.165) is 12.2 Å². The van der Waals surface area contributed by atoms with E-state index in [4.69, 9.17) is 0 Å². The topological polar surface area (TPSA) is 32.3 Å². The van der Waals surface area contributed by atoms with Crippen LogP contribution in [-0.2, 0) is 0 Å². The average Bonchev–Trinajstić information content (AvgIpc) is 2.57. The smallest absolute Gasteiger partial charge is 0.255 e. The summed E-state index contributed by atoms with van der Waals surface area (Å²) >= 11 is 0. The SMILES string of the molecule is CC1CCCCN1c1ccc(NC(=O)c2ccc(F)cc2)cc1. The van der Waals surface area contributed by atoms with E-state index in [0.29, 0.717) is 11.6 Å². The molecule has 0 saturated carbocycles. The first-order valence-electron chi connectivity index (χ1n) is 8.07. The van der Waals surface area contributed by atoms with Gasteiger partial charge in [-0.1, -0.05) is 0 Å². The van der Waals surface area contributed by atoms with Crippen molar-refractivity contribution >= 4 is 17.3 Å². The number of nitrogens with one attached hydrogen (secondary N) is 1. The highest BCUT2D eigenvalue weighted by Crippen LogP contribution is 2.25.